The van der Waals surface area contributed by atoms with Gasteiger partial charge >= 0.3 is 5.97 Å². The van der Waals surface area contributed by atoms with E-state index in [-0.39, 0.29) is 0 Å². The zero-order chi connectivity index (χ0) is 11.7. The van der Waals surface area contributed by atoms with Gasteiger partial charge in [0.2, 0.25) is 0 Å². The Morgan fingerprint density at radius 2 is 2.44 bits per heavy atom. The van der Waals surface area contributed by atoms with Crippen LogP contribution in [-0.2, 0) is 11.2 Å². The molecule has 0 aliphatic carbocycles. The second kappa shape index (κ2) is 4.14. The number of hydrogen-bond donors (Lipinski definition) is 1. The van der Waals surface area contributed by atoms with Gasteiger partial charge in [-0.15, -0.1) is 0 Å². The Hall–Kier alpha value is -1.55. The van der Waals surface area contributed by atoms with E-state index in [0.717, 1.165) is 11.2 Å². The number of aromatic nitrogens is 2. The molecule has 1 unspecified atom stereocenters. The van der Waals surface area contributed by atoms with Gasteiger partial charge in [0.25, 0.3) is 0 Å². The largest absolute Gasteiger partial charge is 0.481 e. The molecule has 0 saturated carbocycles. The van der Waals surface area contributed by atoms with Crippen LogP contribution in [0.15, 0.2) is 24.5 Å². The van der Waals surface area contributed by atoms with Crippen LogP contribution in [0, 0.1) is 5.92 Å². The Kier molecular flexibility index (Phi) is 2.83. The van der Waals surface area contributed by atoms with Crippen molar-refractivity contribution in [3.05, 3.63) is 35.2 Å². The summed E-state index contributed by atoms with van der Waals surface area (Å²) in [7, 11) is 0. The first-order valence-electron chi connectivity index (χ1n) is 4.92. The number of aliphatic carboxylic acids is 1. The molecule has 1 N–H and O–H groups in total. The number of rotatable bonds is 3. The third kappa shape index (κ3) is 2.02. The summed E-state index contributed by atoms with van der Waals surface area (Å²) in [5.74, 6) is -1.19. The standard InChI is InChI=1S/C11H11ClN2O2/c1-7(11(15)16)4-8-2-3-14-9(12)6-13-10(14)5-8/h2-3,5-7H,4H2,1H3,(H,15,16). The Bertz CT molecular complexity index is 536. The smallest absolute Gasteiger partial charge is 0.306 e. The van der Waals surface area contributed by atoms with Crippen molar-refractivity contribution < 1.29 is 9.90 Å². The molecule has 0 saturated heterocycles. The number of pyridine rings is 1. The van der Waals surface area contributed by atoms with Gasteiger partial charge in [-0.05, 0) is 24.1 Å². The molecular weight excluding hydrogens is 228 g/mol. The highest BCUT2D eigenvalue weighted by atomic mass is 35.5. The van der Waals surface area contributed by atoms with E-state index in [4.69, 9.17) is 16.7 Å². The lowest BCUT2D eigenvalue weighted by Gasteiger charge is -2.06. The van der Waals surface area contributed by atoms with Crippen LogP contribution in [-0.4, -0.2) is 20.5 Å². The monoisotopic (exact) mass is 238 g/mol. The lowest BCUT2D eigenvalue weighted by atomic mass is 10.0. The lowest BCUT2D eigenvalue weighted by molar-refractivity contribution is -0.141. The van der Waals surface area contributed by atoms with Gasteiger partial charge in [0, 0.05) is 6.20 Å². The van der Waals surface area contributed by atoms with E-state index in [1.165, 1.54) is 0 Å². The molecule has 2 aromatic heterocycles. The van der Waals surface area contributed by atoms with Gasteiger partial charge in [-0.25, -0.2) is 4.98 Å². The van der Waals surface area contributed by atoms with E-state index >= 15 is 0 Å². The molecule has 1 atom stereocenters. The summed E-state index contributed by atoms with van der Waals surface area (Å²) in [6, 6.07) is 3.71. The Morgan fingerprint density at radius 3 is 3.12 bits per heavy atom. The predicted molar refractivity (Wildman–Crippen MR) is 60.7 cm³/mol. The first-order valence-corrected chi connectivity index (χ1v) is 5.30. The molecule has 0 aromatic carbocycles. The van der Waals surface area contributed by atoms with Gasteiger partial charge in [-0.2, -0.15) is 0 Å². The molecule has 0 amide bonds. The molecule has 0 radical (unpaired) electrons. The van der Waals surface area contributed by atoms with Crippen molar-refractivity contribution in [3.63, 3.8) is 0 Å². The van der Waals surface area contributed by atoms with E-state index in [9.17, 15) is 4.79 Å². The van der Waals surface area contributed by atoms with Gasteiger partial charge in [0.05, 0.1) is 12.1 Å². The topological polar surface area (TPSA) is 54.6 Å². The average Bonchev–Trinajstić information content (AvgIpc) is 2.60. The Balaban J connectivity index is 2.29. The predicted octanol–water partition coefficient (Wildman–Crippen LogP) is 2.25. The fourth-order valence-electron chi connectivity index (χ4n) is 1.56. The molecule has 0 fully saturated rings. The Labute approximate surface area is 97.5 Å². The van der Waals surface area contributed by atoms with Crippen LogP contribution in [0.25, 0.3) is 5.65 Å². The number of carbonyl (C=O) groups is 1. The van der Waals surface area contributed by atoms with Gasteiger partial charge in [-0.1, -0.05) is 18.5 Å². The number of carboxylic acids is 1. The second-order valence-corrected chi connectivity index (χ2v) is 4.17. The van der Waals surface area contributed by atoms with E-state index in [2.05, 4.69) is 4.98 Å². The van der Waals surface area contributed by atoms with Crippen molar-refractivity contribution in [1.29, 1.82) is 0 Å². The second-order valence-electron chi connectivity index (χ2n) is 3.79. The van der Waals surface area contributed by atoms with E-state index in [0.29, 0.717) is 11.6 Å². The quantitative estimate of drug-likeness (QED) is 0.892. The van der Waals surface area contributed by atoms with Crippen molar-refractivity contribution in [2.24, 2.45) is 5.92 Å². The molecular formula is C11H11ClN2O2. The first-order chi connectivity index (χ1) is 7.58. The maximum absolute atomic E-state index is 10.7. The molecule has 0 bridgehead atoms. The van der Waals surface area contributed by atoms with Gasteiger partial charge in [-0.3, -0.25) is 9.20 Å². The summed E-state index contributed by atoms with van der Waals surface area (Å²) in [6.45, 7) is 1.69. The van der Waals surface area contributed by atoms with Crippen molar-refractivity contribution in [3.8, 4) is 0 Å². The molecule has 16 heavy (non-hydrogen) atoms. The van der Waals surface area contributed by atoms with Crippen LogP contribution in [0.5, 0.6) is 0 Å². The van der Waals surface area contributed by atoms with Gasteiger partial charge < -0.3 is 5.11 Å². The highest BCUT2D eigenvalue weighted by Crippen LogP contribution is 2.15. The zero-order valence-electron chi connectivity index (χ0n) is 8.72. The summed E-state index contributed by atoms with van der Waals surface area (Å²) in [5, 5.41) is 9.37. The molecule has 4 nitrogen and oxygen atoms in total. The third-order valence-electron chi connectivity index (χ3n) is 2.50. The van der Waals surface area contributed by atoms with Crippen LogP contribution < -0.4 is 0 Å². The van der Waals surface area contributed by atoms with Crippen molar-refractivity contribution in [1.82, 2.24) is 9.38 Å². The summed E-state index contributed by atoms with van der Waals surface area (Å²) in [5.41, 5.74) is 1.68. The van der Waals surface area contributed by atoms with Crippen molar-refractivity contribution in [2.45, 2.75) is 13.3 Å². The molecule has 0 aliphatic rings. The van der Waals surface area contributed by atoms with Gasteiger partial charge in [0.1, 0.15) is 10.8 Å². The molecule has 5 heteroatoms. The van der Waals surface area contributed by atoms with Crippen LogP contribution in [0.3, 0.4) is 0 Å². The highest BCUT2D eigenvalue weighted by molar-refractivity contribution is 6.29. The lowest BCUT2D eigenvalue weighted by Crippen LogP contribution is -2.12. The third-order valence-corrected chi connectivity index (χ3v) is 2.78. The number of nitrogens with zero attached hydrogens (tertiary/aromatic N) is 2. The highest BCUT2D eigenvalue weighted by Gasteiger charge is 2.12. The Morgan fingerprint density at radius 1 is 1.69 bits per heavy atom. The maximum Gasteiger partial charge on any atom is 0.306 e. The SMILES string of the molecule is CC(Cc1ccn2c(Cl)cnc2c1)C(=O)O. The number of hydrogen-bond acceptors (Lipinski definition) is 2. The molecule has 2 rings (SSSR count). The fourth-order valence-corrected chi connectivity index (χ4v) is 1.75. The van der Waals surface area contributed by atoms with Gasteiger partial charge in [0.15, 0.2) is 0 Å². The summed E-state index contributed by atoms with van der Waals surface area (Å²) >= 11 is 5.89. The fraction of sp³-hybridized carbons (Fsp3) is 0.273. The van der Waals surface area contributed by atoms with Crippen molar-refractivity contribution in [2.75, 3.05) is 0 Å². The number of carboxylic acid groups (broad SMARTS) is 1. The molecule has 0 spiro atoms. The molecule has 2 aromatic rings. The van der Waals surface area contributed by atoms with Crippen LogP contribution >= 0.6 is 11.6 Å². The van der Waals surface area contributed by atoms with Crippen molar-refractivity contribution >= 4 is 23.2 Å². The summed E-state index contributed by atoms with van der Waals surface area (Å²) in [4.78, 5) is 14.8. The van der Waals surface area contributed by atoms with E-state index < -0.39 is 11.9 Å². The number of halogens is 1. The van der Waals surface area contributed by atoms with Crippen LogP contribution in [0.2, 0.25) is 5.15 Å². The minimum atomic E-state index is -0.791. The number of imidazole rings is 1. The molecule has 2 heterocycles. The first kappa shape index (κ1) is 11.0. The summed E-state index contributed by atoms with van der Waals surface area (Å²) < 4.78 is 1.75. The maximum atomic E-state index is 10.7. The normalized spacial score (nSPS) is 12.9. The minimum Gasteiger partial charge on any atom is -0.481 e. The van der Waals surface area contributed by atoms with Crippen LogP contribution in [0.4, 0.5) is 0 Å². The van der Waals surface area contributed by atoms with E-state index in [1.54, 1.807) is 23.7 Å². The minimum absolute atomic E-state index is 0.395. The average molecular weight is 239 g/mol. The summed E-state index contributed by atoms with van der Waals surface area (Å²) in [6.07, 6.45) is 3.87. The van der Waals surface area contributed by atoms with E-state index in [1.807, 2.05) is 12.1 Å². The zero-order valence-corrected chi connectivity index (χ0v) is 9.48. The number of fused-ring (bicyclic) bond motifs is 1. The molecule has 84 valence electrons. The van der Waals surface area contributed by atoms with Crippen LogP contribution in [0.1, 0.15) is 12.5 Å². The molecule has 0 aliphatic heterocycles.